The lowest BCUT2D eigenvalue weighted by Gasteiger charge is -2.26. The molecule has 10 nitrogen and oxygen atoms in total. The molecular weight excluding hydrogens is 356 g/mol. The van der Waals surface area contributed by atoms with Crippen LogP contribution in [0.25, 0.3) is 0 Å². The summed E-state index contributed by atoms with van der Waals surface area (Å²) >= 11 is 0. The minimum absolute atomic E-state index is 0.213. The van der Waals surface area contributed by atoms with Gasteiger partial charge in [0.25, 0.3) is 0 Å². The summed E-state index contributed by atoms with van der Waals surface area (Å²) in [6.45, 7) is 6.92. The SMILES string of the molecule is CC(NC(=O)C(NC(=O)C1CCCN1)C(C)C)C(=O)NC(C(=O)O)C(C)O. The number of aliphatic carboxylic acids is 1. The number of aliphatic hydroxyl groups is 1. The van der Waals surface area contributed by atoms with Crippen molar-refractivity contribution < 1.29 is 29.4 Å². The second-order valence-electron chi connectivity index (χ2n) is 7.17. The first-order valence-corrected chi connectivity index (χ1v) is 9.10. The molecule has 1 heterocycles. The Bertz CT molecular complexity index is 560. The van der Waals surface area contributed by atoms with Gasteiger partial charge >= 0.3 is 5.97 Å². The molecule has 5 unspecified atom stereocenters. The number of rotatable bonds is 9. The summed E-state index contributed by atoms with van der Waals surface area (Å²) in [7, 11) is 0. The summed E-state index contributed by atoms with van der Waals surface area (Å²) in [4.78, 5) is 47.9. The predicted molar refractivity (Wildman–Crippen MR) is 96.6 cm³/mol. The molecule has 0 spiro atoms. The van der Waals surface area contributed by atoms with Gasteiger partial charge in [-0.25, -0.2) is 4.79 Å². The summed E-state index contributed by atoms with van der Waals surface area (Å²) in [5, 5.41) is 28.8. The first-order chi connectivity index (χ1) is 12.5. The van der Waals surface area contributed by atoms with Gasteiger partial charge in [0, 0.05) is 0 Å². The predicted octanol–water partition coefficient (Wildman–Crippen LogP) is -1.67. The molecule has 0 saturated carbocycles. The van der Waals surface area contributed by atoms with Gasteiger partial charge in [0.05, 0.1) is 12.1 Å². The Morgan fingerprint density at radius 2 is 1.59 bits per heavy atom. The molecular formula is C17H30N4O6. The van der Waals surface area contributed by atoms with E-state index >= 15 is 0 Å². The van der Waals surface area contributed by atoms with Crippen molar-refractivity contribution in [1.29, 1.82) is 0 Å². The molecule has 5 atom stereocenters. The van der Waals surface area contributed by atoms with Crippen LogP contribution in [-0.2, 0) is 19.2 Å². The number of aliphatic hydroxyl groups excluding tert-OH is 1. The van der Waals surface area contributed by atoms with Crippen molar-refractivity contribution in [2.24, 2.45) is 5.92 Å². The number of amides is 3. The summed E-state index contributed by atoms with van der Waals surface area (Å²) in [5.74, 6) is -3.15. The van der Waals surface area contributed by atoms with Crippen molar-refractivity contribution in [3.63, 3.8) is 0 Å². The molecule has 3 amide bonds. The van der Waals surface area contributed by atoms with E-state index in [2.05, 4.69) is 21.3 Å². The van der Waals surface area contributed by atoms with Crippen LogP contribution in [0, 0.1) is 5.92 Å². The van der Waals surface area contributed by atoms with Crippen molar-refractivity contribution >= 4 is 23.7 Å². The van der Waals surface area contributed by atoms with E-state index in [0.717, 1.165) is 13.0 Å². The summed E-state index contributed by atoms with van der Waals surface area (Å²) < 4.78 is 0. The van der Waals surface area contributed by atoms with Crippen molar-refractivity contribution in [1.82, 2.24) is 21.3 Å². The van der Waals surface area contributed by atoms with Gasteiger partial charge in [0.15, 0.2) is 6.04 Å². The average Bonchev–Trinajstić information content (AvgIpc) is 3.10. The Hall–Kier alpha value is -2.20. The van der Waals surface area contributed by atoms with E-state index in [1.54, 1.807) is 13.8 Å². The standard InChI is InChI=1S/C17H30N4O6/c1-8(2)12(20-15(24)11-6-5-7-18-11)16(25)19-9(3)14(23)21-13(10(4)22)17(26)27/h8-13,18,22H,5-7H2,1-4H3,(H,19,25)(H,20,24)(H,21,23)(H,26,27). The van der Waals surface area contributed by atoms with Crippen molar-refractivity contribution in [3.05, 3.63) is 0 Å². The third kappa shape index (κ3) is 6.79. The minimum Gasteiger partial charge on any atom is -0.480 e. The summed E-state index contributed by atoms with van der Waals surface area (Å²) in [6.07, 6.45) is 0.297. The van der Waals surface area contributed by atoms with Gasteiger partial charge in [-0.1, -0.05) is 13.8 Å². The highest BCUT2D eigenvalue weighted by Gasteiger charge is 2.32. The van der Waals surface area contributed by atoms with E-state index in [-0.39, 0.29) is 17.9 Å². The van der Waals surface area contributed by atoms with Gasteiger partial charge in [0.1, 0.15) is 12.1 Å². The van der Waals surface area contributed by atoms with E-state index in [4.69, 9.17) is 5.11 Å². The largest absolute Gasteiger partial charge is 0.480 e. The first kappa shape index (κ1) is 22.8. The van der Waals surface area contributed by atoms with Crippen LogP contribution in [0.3, 0.4) is 0 Å². The van der Waals surface area contributed by atoms with Crippen LogP contribution >= 0.6 is 0 Å². The first-order valence-electron chi connectivity index (χ1n) is 9.10. The third-order valence-corrected chi connectivity index (χ3v) is 4.42. The van der Waals surface area contributed by atoms with E-state index in [1.165, 1.54) is 13.8 Å². The molecule has 154 valence electrons. The fourth-order valence-electron chi connectivity index (χ4n) is 2.73. The number of carboxylic acids is 1. The molecule has 1 aliphatic heterocycles. The highest BCUT2D eigenvalue weighted by Crippen LogP contribution is 2.08. The van der Waals surface area contributed by atoms with E-state index in [1.807, 2.05) is 0 Å². The Morgan fingerprint density at radius 3 is 2.04 bits per heavy atom. The zero-order valence-electron chi connectivity index (χ0n) is 16.1. The van der Waals surface area contributed by atoms with Crippen LogP contribution in [0.15, 0.2) is 0 Å². The maximum Gasteiger partial charge on any atom is 0.328 e. The number of carbonyl (C=O) groups excluding carboxylic acids is 3. The van der Waals surface area contributed by atoms with Crippen LogP contribution in [0.5, 0.6) is 0 Å². The van der Waals surface area contributed by atoms with Crippen LogP contribution in [-0.4, -0.2) is 70.7 Å². The van der Waals surface area contributed by atoms with Crippen LogP contribution in [0.4, 0.5) is 0 Å². The molecule has 0 aliphatic carbocycles. The molecule has 1 saturated heterocycles. The monoisotopic (exact) mass is 386 g/mol. The minimum atomic E-state index is -1.48. The highest BCUT2D eigenvalue weighted by molar-refractivity contribution is 5.94. The molecule has 1 fully saturated rings. The topological polar surface area (TPSA) is 157 Å². The van der Waals surface area contributed by atoms with Gasteiger partial charge in [-0.15, -0.1) is 0 Å². The molecule has 0 bridgehead atoms. The lowest BCUT2D eigenvalue weighted by atomic mass is 10.0. The Balaban J connectivity index is 2.67. The van der Waals surface area contributed by atoms with Crippen molar-refractivity contribution in [3.8, 4) is 0 Å². The number of carbonyl (C=O) groups is 4. The summed E-state index contributed by atoms with van der Waals surface area (Å²) in [5.41, 5.74) is 0. The maximum atomic E-state index is 12.5. The van der Waals surface area contributed by atoms with E-state index < -0.39 is 42.0 Å². The molecule has 10 heteroatoms. The third-order valence-electron chi connectivity index (χ3n) is 4.42. The average molecular weight is 386 g/mol. The second kappa shape index (κ2) is 10.2. The molecule has 1 rings (SSSR count). The van der Waals surface area contributed by atoms with Crippen molar-refractivity contribution in [2.75, 3.05) is 6.54 Å². The molecule has 27 heavy (non-hydrogen) atoms. The van der Waals surface area contributed by atoms with E-state index in [9.17, 15) is 24.3 Å². The molecule has 1 aliphatic rings. The molecule has 0 aromatic carbocycles. The summed E-state index contributed by atoms with van der Waals surface area (Å²) in [6, 6.07) is -3.68. The van der Waals surface area contributed by atoms with Gasteiger partial charge in [0.2, 0.25) is 17.7 Å². The van der Waals surface area contributed by atoms with Crippen LogP contribution in [0.1, 0.15) is 40.5 Å². The quantitative estimate of drug-likeness (QED) is 0.277. The fraction of sp³-hybridized carbons (Fsp3) is 0.765. The van der Waals surface area contributed by atoms with Gasteiger partial charge in [-0.05, 0) is 39.2 Å². The van der Waals surface area contributed by atoms with E-state index in [0.29, 0.717) is 6.42 Å². The zero-order chi connectivity index (χ0) is 20.7. The maximum absolute atomic E-state index is 12.5. The Morgan fingerprint density at radius 1 is 0.963 bits per heavy atom. The van der Waals surface area contributed by atoms with Crippen LogP contribution < -0.4 is 21.3 Å². The Labute approximate surface area is 158 Å². The lowest BCUT2D eigenvalue weighted by Crippen LogP contribution is -2.58. The Kier molecular flexibility index (Phi) is 8.64. The smallest absolute Gasteiger partial charge is 0.328 e. The number of hydrogen-bond donors (Lipinski definition) is 6. The molecule has 0 aromatic rings. The molecule has 0 radical (unpaired) electrons. The van der Waals surface area contributed by atoms with Gasteiger partial charge in [-0.3, -0.25) is 14.4 Å². The van der Waals surface area contributed by atoms with Crippen molar-refractivity contribution in [2.45, 2.75) is 70.8 Å². The number of hydrogen-bond acceptors (Lipinski definition) is 6. The normalized spacial score (nSPS) is 21.0. The zero-order valence-corrected chi connectivity index (χ0v) is 16.1. The fourth-order valence-corrected chi connectivity index (χ4v) is 2.73. The second-order valence-corrected chi connectivity index (χ2v) is 7.17. The number of carboxylic acid groups (broad SMARTS) is 1. The molecule has 6 N–H and O–H groups in total. The van der Waals surface area contributed by atoms with Crippen LogP contribution in [0.2, 0.25) is 0 Å². The lowest BCUT2D eigenvalue weighted by molar-refractivity contribution is -0.145. The highest BCUT2D eigenvalue weighted by atomic mass is 16.4. The number of nitrogens with one attached hydrogen (secondary N) is 4. The van der Waals surface area contributed by atoms with Gasteiger partial charge < -0.3 is 31.5 Å². The molecule has 0 aromatic heterocycles. The van der Waals surface area contributed by atoms with Gasteiger partial charge in [-0.2, -0.15) is 0 Å².